The van der Waals surface area contributed by atoms with Gasteiger partial charge in [0.25, 0.3) is 0 Å². The summed E-state index contributed by atoms with van der Waals surface area (Å²) in [6, 6.07) is -1.04. The van der Waals surface area contributed by atoms with E-state index in [9.17, 15) is 9.59 Å². The molecule has 0 spiro atoms. The van der Waals surface area contributed by atoms with E-state index in [2.05, 4.69) is 0 Å². The molecule has 0 aromatic rings. The van der Waals surface area contributed by atoms with Crippen molar-refractivity contribution in [3.63, 3.8) is 0 Å². The van der Waals surface area contributed by atoms with Crippen molar-refractivity contribution in [1.82, 2.24) is 0 Å². The zero-order chi connectivity index (χ0) is 9.44. The summed E-state index contributed by atoms with van der Waals surface area (Å²) in [5.41, 5.74) is 5.00. The lowest BCUT2D eigenvalue weighted by Crippen LogP contribution is -2.31. The maximum Gasteiger partial charge on any atom is 0.320 e. The Morgan fingerprint density at radius 3 is 1.91 bits per heavy atom. The fraction of sp³-hybridized carbons (Fsp3) is 0.714. The largest absolute Gasteiger partial charge is 0.480 e. The minimum atomic E-state index is -1.13. The summed E-state index contributed by atoms with van der Waals surface area (Å²) in [6.45, 7) is 5.31. The molecule has 0 saturated heterocycles. The molecular weight excluding hydrogens is 146 g/mol. The Balaban J connectivity index is 0. The summed E-state index contributed by atoms with van der Waals surface area (Å²) in [5, 5.41) is 8.15. The average Bonchev–Trinajstić information content (AvgIpc) is 1.90. The molecule has 4 heteroatoms. The van der Waals surface area contributed by atoms with E-state index in [0.717, 1.165) is 0 Å². The Labute approximate surface area is 66.4 Å². The van der Waals surface area contributed by atoms with Crippen LogP contribution in [0.3, 0.4) is 0 Å². The molecule has 0 bridgehead atoms. The minimum absolute atomic E-state index is 0.0880. The highest BCUT2D eigenvalue weighted by Gasteiger charge is 2.12. The third-order valence-corrected chi connectivity index (χ3v) is 0.825. The molecule has 0 aromatic carbocycles. The van der Waals surface area contributed by atoms with Crippen molar-refractivity contribution >= 4 is 11.8 Å². The van der Waals surface area contributed by atoms with Gasteiger partial charge in [0.2, 0.25) is 0 Å². The third kappa shape index (κ3) is 9.10. The van der Waals surface area contributed by atoms with Crippen LogP contribution in [0.15, 0.2) is 0 Å². The van der Waals surface area contributed by atoms with Crippen molar-refractivity contribution in [3.05, 3.63) is 0 Å². The summed E-state index contributed by atoms with van der Waals surface area (Å²) < 4.78 is 0. The van der Waals surface area contributed by atoms with Gasteiger partial charge in [0.05, 0.1) is 0 Å². The zero-order valence-corrected chi connectivity index (χ0v) is 7.13. The molecule has 0 aromatic heterocycles. The van der Waals surface area contributed by atoms with Gasteiger partial charge in [0, 0.05) is 6.42 Å². The molecular formula is C7H15NO3. The lowest BCUT2D eigenvalue weighted by molar-refractivity contribution is -0.140. The maximum atomic E-state index is 10.2. The SMILES string of the molecule is CC.CC(=O)CC(N)C(=O)O. The second kappa shape index (κ2) is 7.21. The van der Waals surface area contributed by atoms with Gasteiger partial charge in [0.15, 0.2) is 0 Å². The molecule has 66 valence electrons. The third-order valence-electron chi connectivity index (χ3n) is 0.825. The Morgan fingerprint density at radius 2 is 1.82 bits per heavy atom. The van der Waals surface area contributed by atoms with Crippen LogP contribution in [0.1, 0.15) is 27.2 Å². The standard InChI is InChI=1S/C5H9NO3.C2H6/c1-3(7)2-4(6)5(8)9;1-2/h4H,2,6H2,1H3,(H,8,9);1-2H3. The number of carbonyl (C=O) groups is 2. The maximum absolute atomic E-state index is 10.2. The smallest absolute Gasteiger partial charge is 0.320 e. The molecule has 0 saturated carbocycles. The van der Waals surface area contributed by atoms with E-state index in [1.54, 1.807) is 0 Å². The molecule has 0 aliphatic rings. The molecule has 0 radical (unpaired) electrons. The van der Waals surface area contributed by atoms with Crippen LogP contribution in [-0.2, 0) is 9.59 Å². The number of hydrogen-bond acceptors (Lipinski definition) is 3. The summed E-state index contributed by atoms with van der Waals surface area (Å²) in [7, 11) is 0. The predicted molar refractivity (Wildman–Crippen MR) is 42.3 cm³/mol. The molecule has 0 aliphatic heterocycles. The molecule has 1 atom stereocenters. The molecule has 3 N–H and O–H groups in total. The zero-order valence-electron chi connectivity index (χ0n) is 7.13. The van der Waals surface area contributed by atoms with Gasteiger partial charge in [-0.15, -0.1) is 0 Å². The second-order valence-corrected chi connectivity index (χ2v) is 1.85. The summed E-state index contributed by atoms with van der Waals surface area (Å²) in [6.07, 6.45) is -0.0880. The van der Waals surface area contributed by atoms with Crippen molar-refractivity contribution in [1.29, 1.82) is 0 Å². The van der Waals surface area contributed by atoms with E-state index in [4.69, 9.17) is 10.8 Å². The van der Waals surface area contributed by atoms with Crippen molar-refractivity contribution in [3.8, 4) is 0 Å². The van der Waals surface area contributed by atoms with Crippen LogP contribution < -0.4 is 5.73 Å². The fourth-order valence-corrected chi connectivity index (χ4v) is 0.397. The van der Waals surface area contributed by atoms with Gasteiger partial charge in [0.1, 0.15) is 11.8 Å². The van der Waals surface area contributed by atoms with E-state index < -0.39 is 12.0 Å². The summed E-state index contributed by atoms with van der Waals surface area (Å²) in [4.78, 5) is 20.2. The monoisotopic (exact) mass is 161 g/mol. The van der Waals surface area contributed by atoms with Gasteiger partial charge in [-0.3, -0.25) is 9.59 Å². The highest BCUT2D eigenvalue weighted by atomic mass is 16.4. The Hall–Kier alpha value is -0.900. The minimum Gasteiger partial charge on any atom is -0.480 e. The summed E-state index contributed by atoms with van der Waals surface area (Å²) >= 11 is 0. The average molecular weight is 161 g/mol. The topological polar surface area (TPSA) is 80.4 Å². The second-order valence-electron chi connectivity index (χ2n) is 1.85. The number of rotatable bonds is 3. The van der Waals surface area contributed by atoms with Crippen molar-refractivity contribution in [2.75, 3.05) is 0 Å². The van der Waals surface area contributed by atoms with Crippen LogP contribution in [0.2, 0.25) is 0 Å². The number of nitrogens with two attached hydrogens (primary N) is 1. The van der Waals surface area contributed by atoms with E-state index in [1.165, 1.54) is 6.92 Å². The van der Waals surface area contributed by atoms with Crippen molar-refractivity contribution in [2.45, 2.75) is 33.2 Å². The van der Waals surface area contributed by atoms with E-state index in [-0.39, 0.29) is 12.2 Å². The van der Waals surface area contributed by atoms with Crippen LogP contribution in [-0.4, -0.2) is 22.9 Å². The van der Waals surface area contributed by atoms with Crippen LogP contribution >= 0.6 is 0 Å². The van der Waals surface area contributed by atoms with Gasteiger partial charge in [-0.05, 0) is 6.92 Å². The first-order chi connectivity index (χ1) is 5.04. The number of carboxylic acids is 1. The molecule has 0 heterocycles. The van der Waals surface area contributed by atoms with Gasteiger partial charge in [-0.1, -0.05) is 13.8 Å². The van der Waals surface area contributed by atoms with Crippen molar-refractivity contribution in [2.24, 2.45) is 5.73 Å². The Morgan fingerprint density at radius 1 is 1.45 bits per heavy atom. The number of hydrogen-bond donors (Lipinski definition) is 2. The quantitative estimate of drug-likeness (QED) is 0.628. The summed E-state index contributed by atoms with van der Waals surface area (Å²) in [5.74, 6) is -1.34. The van der Waals surface area contributed by atoms with E-state index in [0.29, 0.717) is 0 Å². The molecule has 0 fully saturated rings. The Kier molecular flexibility index (Phi) is 8.36. The molecule has 4 nitrogen and oxygen atoms in total. The predicted octanol–water partition coefficient (Wildman–Crippen LogP) is 0.404. The number of ketones is 1. The van der Waals surface area contributed by atoms with Crippen LogP contribution in [0, 0.1) is 0 Å². The fourth-order valence-electron chi connectivity index (χ4n) is 0.397. The highest BCUT2D eigenvalue weighted by Crippen LogP contribution is 1.87. The van der Waals surface area contributed by atoms with Crippen molar-refractivity contribution < 1.29 is 14.7 Å². The first-order valence-corrected chi connectivity index (χ1v) is 3.52. The van der Waals surface area contributed by atoms with Gasteiger partial charge >= 0.3 is 5.97 Å². The number of Topliss-reactive ketones (excluding diaryl/α,β-unsaturated/α-hetero) is 1. The molecule has 0 rings (SSSR count). The number of carbonyl (C=O) groups excluding carboxylic acids is 1. The van der Waals surface area contributed by atoms with Crippen LogP contribution in [0.4, 0.5) is 0 Å². The lowest BCUT2D eigenvalue weighted by Gasteiger charge is -2.00. The van der Waals surface area contributed by atoms with Gasteiger partial charge in [-0.25, -0.2) is 0 Å². The van der Waals surface area contributed by atoms with E-state index >= 15 is 0 Å². The first-order valence-electron chi connectivity index (χ1n) is 3.52. The molecule has 0 aliphatic carbocycles. The lowest BCUT2D eigenvalue weighted by atomic mass is 10.2. The number of carboxylic acid groups (broad SMARTS) is 1. The van der Waals surface area contributed by atoms with Crippen LogP contribution in [0.5, 0.6) is 0 Å². The molecule has 11 heavy (non-hydrogen) atoms. The molecule has 1 unspecified atom stereocenters. The normalized spacial score (nSPS) is 10.9. The van der Waals surface area contributed by atoms with Gasteiger partial charge in [-0.2, -0.15) is 0 Å². The van der Waals surface area contributed by atoms with Gasteiger partial charge < -0.3 is 10.8 Å². The number of aliphatic carboxylic acids is 1. The molecule has 0 amide bonds. The Bertz CT molecular complexity index is 134. The van der Waals surface area contributed by atoms with Crippen LogP contribution in [0.25, 0.3) is 0 Å². The highest BCUT2D eigenvalue weighted by molar-refractivity contribution is 5.83. The van der Waals surface area contributed by atoms with E-state index in [1.807, 2.05) is 13.8 Å². The first kappa shape index (κ1) is 12.7.